The fraction of sp³-hybridized carbons (Fsp3) is 0.300. The Kier molecular flexibility index (Phi) is 6.74. The van der Waals surface area contributed by atoms with Crippen molar-refractivity contribution in [1.29, 1.82) is 5.26 Å². The Morgan fingerprint density at radius 1 is 1.20 bits per heavy atom. The van der Waals surface area contributed by atoms with Crippen LogP contribution in [0.1, 0.15) is 36.6 Å². The molecule has 0 bridgehead atoms. The number of amides is 2. The molecule has 0 unspecified atom stereocenters. The summed E-state index contributed by atoms with van der Waals surface area (Å²) in [5.74, 6) is -0.926. The summed E-state index contributed by atoms with van der Waals surface area (Å²) < 4.78 is 25.8. The second-order valence-electron chi connectivity index (χ2n) is 6.79. The number of hydrogen-bond acceptors (Lipinski definition) is 7. The molecule has 0 saturated carbocycles. The number of rotatable bonds is 6. The van der Waals surface area contributed by atoms with Gasteiger partial charge in [-0.1, -0.05) is 11.8 Å². The van der Waals surface area contributed by atoms with Gasteiger partial charge >= 0.3 is 0 Å². The van der Waals surface area contributed by atoms with Gasteiger partial charge in [0.2, 0.25) is 11.8 Å². The van der Waals surface area contributed by atoms with E-state index in [1.54, 1.807) is 0 Å². The first kappa shape index (κ1) is 21.8. The number of sulfonamides is 1. The molecule has 0 radical (unpaired) electrons. The van der Waals surface area contributed by atoms with Gasteiger partial charge in [0.15, 0.2) is 0 Å². The summed E-state index contributed by atoms with van der Waals surface area (Å²) >= 11 is 1.20. The Balaban J connectivity index is 1.63. The fourth-order valence-electron chi connectivity index (χ4n) is 3.10. The van der Waals surface area contributed by atoms with Crippen molar-refractivity contribution in [3.05, 3.63) is 47.2 Å². The normalized spacial score (nSPS) is 13.1. The van der Waals surface area contributed by atoms with Crippen LogP contribution in [0, 0.1) is 11.3 Å². The summed E-state index contributed by atoms with van der Waals surface area (Å²) in [5.41, 5.74) is 3.00. The van der Waals surface area contributed by atoms with Gasteiger partial charge in [-0.3, -0.25) is 9.59 Å². The maximum absolute atomic E-state index is 12.3. The Morgan fingerprint density at radius 2 is 1.90 bits per heavy atom. The first-order valence-electron chi connectivity index (χ1n) is 9.27. The van der Waals surface area contributed by atoms with Crippen molar-refractivity contribution in [2.45, 2.75) is 42.5 Å². The lowest BCUT2D eigenvalue weighted by molar-refractivity contribution is -0.117. The summed E-state index contributed by atoms with van der Waals surface area (Å²) in [6, 6.07) is 9.50. The summed E-state index contributed by atoms with van der Waals surface area (Å²) in [6.07, 6.45) is 3.98. The zero-order valence-electron chi connectivity index (χ0n) is 16.3. The Bertz CT molecular complexity index is 1120. The molecule has 30 heavy (non-hydrogen) atoms. The van der Waals surface area contributed by atoms with Gasteiger partial charge in [-0.25, -0.2) is 18.1 Å². The number of thioether (sulfide) groups is 1. The molecule has 2 N–H and O–H groups in total. The molecule has 156 valence electrons. The van der Waals surface area contributed by atoms with Crippen LogP contribution in [-0.2, 0) is 32.5 Å². The molecule has 1 aliphatic carbocycles. The Morgan fingerprint density at radius 3 is 2.57 bits per heavy atom. The van der Waals surface area contributed by atoms with Crippen molar-refractivity contribution in [3.63, 3.8) is 0 Å². The molecule has 0 fully saturated rings. The molecule has 1 heterocycles. The molecule has 3 rings (SSSR count). The lowest BCUT2D eigenvalue weighted by Gasteiger charge is -2.16. The van der Waals surface area contributed by atoms with Crippen LogP contribution in [-0.4, -0.2) is 31.0 Å². The van der Waals surface area contributed by atoms with Crippen molar-refractivity contribution in [1.82, 2.24) is 9.71 Å². The monoisotopic (exact) mass is 444 g/mol. The molecule has 1 aromatic carbocycles. The first-order valence-corrected chi connectivity index (χ1v) is 11.7. The van der Waals surface area contributed by atoms with Crippen molar-refractivity contribution in [3.8, 4) is 6.07 Å². The average molecular weight is 445 g/mol. The van der Waals surface area contributed by atoms with Crippen LogP contribution >= 0.6 is 11.8 Å². The average Bonchev–Trinajstić information content (AvgIpc) is 2.71. The van der Waals surface area contributed by atoms with Gasteiger partial charge in [-0.2, -0.15) is 5.26 Å². The van der Waals surface area contributed by atoms with Gasteiger partial charge in [0, 0.05) is 18.3 Å². The van der Waals surface area contributed by atoms with E-state index in [9.17, 15) is 23.3 Å². The van der Waals surface area contributed by atoms with Gasteiger partial charge in [-0.15, -0.1) is 0 Å². The van der Waals surface area contributed by atoms with E-state index in [0.717, 1.165) is 43.9 Å². The second kappa shape index (κ2) is 9.28. The van der Waals surface area contributed by atoms with Crippen molar-refractivity contribution in [2.24, 2.45) is 0 Å². The maximum Gasteiger partial charge on any atom is 0.264 e. The maximum atomic E-state index is 12.3. The largest absolute Gasteiger partial charge is 0.325 e. The van der Waals surface area contributed by atoms with E-state index < -0.39 is 15.9 Å². The standard InChI is InChI=1S/C20H20N4O4S2/c1-13(25)24-30(27,28)17-8-6-16(7-9-17)22-19(26)12-29-20-15(11-21)10-14-4-2-3-5-18(14)23-20/h6-10H,2-5,12H2,1H3,(H,22,26)(H,24,25). The van der Waals surface area contributed by atoms with Crippen molar-refractivity contribution < 1.29 is 18.0 Å². The molecular formula is C20H20N4O4S2. The van der Waals surface area contributed by atoms with E-state index in [0.29, 0.717) is 16.3 Å². The molecule has 0 saturated heterocycles. The molecule has 0 spiro atoms. The predicted molar refractivity (Wildman–Crippen MR) is 112 cm³/mol. The quantitative estimate of drug-likeness (QED) is 0.655. The van der Waals surface area contributed by atoms with Crippen LogP contribution in [0.3, 0.4) is 0 Å². The van der Waals surface area contributed by atoms with E-state index in [-0.39, 0.29) is 16.6 Å². The van der Waals surface area contributed by atoms with Crippen molar-refractivity contribution in [2.75, 3.05) is 11.1 Å². The molecule has 10 heteroatoms. The number of nitrogens with one attached hydrogen (secondary N) is 2. The summed E-state index contributed by atoms with van der Waals surface area (Å²) in [7, 11) is -3.92. The van der Waals surface area contributed by atoms with Gasteiger partial charge in [-0.05, 0) is 61.6 Å². The number of aryl methyl sites for hydroxylation is 2. The van der Waals surface area contributed by atoms with Crippen LogP contribution in [0.25, 0.3) is 0 Å². The highest BCUT2D eigenvalue weighted by molar-refractivity contribution is 8.00. The number of fused-ring (bicyclic) bond motifs is 1. The van der Waals surface area contributed by atoms with Crippen LogP contribution in [0.5, 0.6) is 0 Å². The Hall–Kier alpha value is -2.90. The lowest BCUT2D eigenvalue weighted by atomic mass is 9.95. The number of aromatic nitrogens is 1. The van der Waals surface area contributed by atoms with Crippen LogP contribution < -0.4 is 10.0 Å². The second-order valence-corrected chi connectivity index (χ2v) is 9.44. The molecule has 0 aliphatic heterocycles. The highest BCUT2D eigenvalue weighted by Gasteiger charge is 2.17. The summed E-state index contributed by atoms with van der Waals surface area (Å²) in [5, 5.41) is 12.6. The first-order chi connectivity index (χ1) is 14.3. The van der Waals surface area contributed by atoms with Gasteiger partial charge < -0.3 is 5.32 Å². The number of pyridine rings is 1. The molecule has 1 aromatic heterocycles. The number of carbonyl (C=O) groups excluding carboxylic acids is 2. The number of benzene rings is 1. The smallest absolute Gasteiger partial charge is 0.264 e. The minimum Gasteiger partial charge on any atom is -0.325 e. The van der Waals surface area contributed by atoms with Gasteiger partial charge in [0.25, 0.3) is 10.0 Å². The predicted octanol–water partition coefficient (Wildman–Crippen LogP) is 2.39. The zero-order valence-corrected chi connectivity index (χ0v) is 17.9. The molecule has 2 amide bonds. The third kappa shape index (κ3) is 5.37. The molecule has 0 atom stereocenters. The number of anilines is 1. The van der Waals surface area contributed by atoms with Crippen LogP contribution in [0.4, 0.5) is 5.69 Å². The highest BCUT2D eigenvalue weighted by atomic mass is 32.2. The summed E-state index contributed by atoms with van der Waals surface area (Å²) in [6.45, 7) is 1.11. The van der Waals surface area contributed by atoms with E-state index in [1.165, 1.54) is 36.0 Å². The Labute approximate surface area is 179 Å². The minimum absolute atomic E-state index is 0.0619. The van der Waals surface area contributed by atoms with E-state index >= 15 is 0 Å². The summed E-state index contributed by atoms with van der Waals surface area (Å²) in [4.78, 5) is 27.8. The zero-order chi connectivity index (χ0) is 21.7. The SMILES string of the molecule is CC(=O)NS(=O)(=O)c1ccc(NC(=O)CSc2nc3c(cc2C#N)CCCC3)cc1. The van der Waals surface area contributed by atoms with Crippen LogP contribution in [0.15, 0.2) is 40.3 Å². The minimum atomic E-state index is -3.92. The molecular weight excluding hydrogens is 424 g/mol. The molecule has 8 nitrogen and oxygen atoms in total. The fourth-order valence-corrected chi connectivity index (χ4v) is 4.87. The number of hydrogen-bond donors (Lipinski definition) is 2. The van der Waals surface area contributed by atoms with Gasteiger partial charge in [0.1, 0.15) is 11.1 Å². The highest BCUT2D eigenvalue weighted by Crippen LogP contribution is 2.27. The van der Waals surface area contributed by atoms with E-state index in [1.807, 2.05) is 10.8 Å². The number of carbonyl (C=O) groups is 2. The third-order valence-corrected chi connectivity index (χ3v) is 6.89. The topological polar surface area (TPSA) is 129 Å². The number of nitriles is 1. The molecule has 1 aliphatic rings. The lowest BCUT2D eigenvalue weighted by Crippen LogP contribution is -2.28. The van der Waals surface area contributed by atoms with Crippen molar-refractivity contribution >= 4 is 39.3 Å². The third-order valence-electron chi connectivity index (χ3n) is 4.45. The van der Waals surface area contributed by atoms with E-state index in [2.05, 4.69) is 16.4 Å². The molecule has 2 aromatic rings. The van der Waals surface area contributed by atoms with Crippen LogP contribution in [0.2, 0.25) is 0 Å². The number of nitrogens with zero attached hydrogens (tertiary/aromatic N) is 2. The van der Waals surface area contributed by atoms with E-state index in [4.69, 9.17) is 0 Å². The van der Waals surface area contributed by atoms with Gasteiger partial charge in [0.05, 0.1) is 16.2 Å².